The first-order valence-electron chi connectivity index (χ1n) is 9.49. The number of rotatable bonds is 5. The number of carboxylic acid groups (broad SMARTS) is 1. The lowest BCUT2D eigenvalue weighted by atomic mass is 10.1. The van der Waals surface area contributed by atoms with Gasteiger partial charge in [0.05, 0.1) is 0 Å². The van der Waals surface area contributed by atoms with E-state index < -0.39 is 12.1 Å². The molecule has 0 aliphatic rings. The smallest absolute Gasteiger partial charge is 0.349 e. The molecule has 1 atom stereocenters. The van der Waals surface area contributed by atoms with E-state index in [1.165, 1.54) is 4.80 Å². The molecule has 4 aromatic rings. The highest BCUT2D eigenvalue weighted by atomic mass is 16.5. The SMILES string of the molecule is CC.Cc1ccc(OC(C(=O)O)c2ccccc2)c(-n2nc3ccccc3n2)c1. The van der Waals surface area contributed by atoms with Crippen molar-refractivity contribution in [3.05, 3.63) is 83.9 Å². The van der Waals surface area contributed by atoms with Gasteiger partial charge in [-0.2, -0.15) is 0 Å². The van der Waals surface area contributed by atoms with Crippen LogP contribution in [0, 0.1) is 6.92 Å². The lowest BCUT2D eigenvalue weighted by Gasteiger charge is -2.18. The topological polar surface area (TPSA) is 77.2 Å². The number of hydrogen-bond acceptors (Lipinski definition) is 4. The number of aromatic nitrogens is 3. The monoisotopic (exact) mass is 389 g/mol. The molecular weight excluding hydrogens is 366 g/mol. The second kappa shape index (κ2) is 9.01. The van der Waals surface area contributed by atoms with E-state index in [1.54, 1.807) is 30.3 Å². The van der Waals surface area contributed by atoms with Gasteiger partial charge >= 0.3 is 5.97 Å². The van der Waals surface area contributed by atoms with Gasteiger partial charge in [0.15, 0.2) is 0 Å². The maximum Gasteiger partial charge on any atom is 0.349 e. The number of carbonyl (C=O) groups is 1. The minimum Gasteiger partial charge on any atom is -0.478 e. The highest BCUT2D eigenvalue weighted by Gasteiger charge is 2.23. The molecule has 29 heavy (non-hydrogen) atoms. The van der Waals surface area contributed by atoms with Crippen molar-refractivity contribution in [3.63, 3.8) is 0 Å². The zero-order valence-corrected chi connectivity index (χ0v) is 16.6. The molecule has 148 valence electrons. The number of ether oxygens (including phenoxy) is 1. The van der Waals surface area contributed by atoms with Crippen molar-refractivity contribution in [2.24, 2.45) is 0 Å². The third-order valence-electron chi connectivity index (χ3n) is 4.19. The van der Waals surface area contributed by atoms with Crippen LogP contribution in [-0.4, -0.2) is 26.1 Å². The summed E-state index contributed by atoms with van der Waals surface area (Å²) in [5.74, 6) is -0.663. The van der Waals surface area contributed by atoms with Crippen LogP contribution < -0.4 is 4.74 Å². The van der Waals surface area contributed by atoms with Crippen LogP contribution in [0.25, 0.3) is 16.7 Å². The van der Waals surface area contributed by atoms with Crippen LogP contribution in [0.1, 0.15) is 31.1 Å². The number of fused-ring (bicyclic) bond motifs is 1. The Morgan fingerprint density at radius 1 is 0.931 bits per heavy atom. The highest BCUT2D eigenvalue weighted by Crippen LogP contribution is 2.29. The Bertz CT molecular complexity index is 1070. The predicted molar refractivity (Wildman–Crippen MR) is 112 cm³/mol. The van der Waals surface area contributed by atoms with Crippen LogP contribution in [-0.2, 0) is 4.79 Å². The Labute approximate surface area is 169 Å². The maximum atomic E-state index is 11.8. The van der Waals surface area contributed by atoms with Crippen LogP contribution in [0.5, 0.6) is 5.75 Å². The summed E-state index contributed by atoms with van der Waals surface area (Å²) in [5.41, 5.74) is 3.65. The second-order valence-electron chi connectivity index (χ2n) is 6.20. The highest BCUT2D eigenvalue weighted by molar-refractivity contribution is 5.75. The molecule has 0 spiro atoms. The third-order valence-corrected chi connectivity index (χ3v) is 4.19. The molecule has 0 amide bonds. The van der Waals surface area contributed by atoms with E-state index in [0.717, 1.165) is 16.6 Å². The fourth-order valence-electron chi connectivity index (χ4n) is 2.87. The second-order valence-corrected chi connectivity index (χ2v) is 6.20. The lowest BCUT2D eigenvalue weighted by molar-refractivity contribution is -0.145. The molecular formula is C23H23N3O3. The summed E-state index contributed by atoms with van der Waals surface area (Å²) in [6.07, 6.45) is -1.13. The summed E-state index contributed by atoms with van der Waals surface area (Å²) in [5, 5.41) is 18.6. The molecule has 0 saturated heterocycles. The van der Waals surface area contributed by atoms with E-state index in [2.05, 4.69) is 10.2 Å². The van der Waals surface area contributed by atoms with Gasteiger partial charge in [0.2, 0.25) is 6.10 Å². The Hall–Kier alpha value is -3.67. The molecule has 6 nitrogen and oxygen atoms in total. The maximum absolute atomic E-state index is 11.8. The minimum absolute atomic E-state index is 0.400. The summed E-state index contributed by atoms with van der Waals surface area (Å²) in [4.78, 5) is 13.3. The normalized spacial score (nSPS) is 11.4. The van der Waals surface area contributed by atoms with E-state index in [-0.39, 0.29) is 0 Å². The van der Waals surface area contributed by atoms with Gasteiger partial charge in [0.25, 0.3) is 0 Å². The molecule has 0 radical (unpaired) electrons. The number of aryl methyl sites for hydroxylation is 1. The number of hydrogen-bond donors (Lipinski definition) is 1. The van der Waals surface area contributed by atoms with Crippen molar-refractivity contribution in [1.29, 1.82) is 0 Å². The van der Waals surface area contributed by atoms with E-state index in [0.29, 0.717) is 17.0 Å². The Kier molecular flexibility index (Phi) is 6.24. The summed E-state index contributed by atoms with van der Waals surface area (Å²) in [6, 6.07) is 21.9. The first-order valence-corrected chi connectivity index (χ1v) is 9.49. The van der Waals surface area contributed by atoms with Crippen LogP contribution in [0.15, 0.2) is 72.8 Å². The van der Waals surface area contributed by atoms with Crippen LogP contribution in [0.2, 0.25) is 0 Å². The number of benzene rings is 3. The van der Waals surface area contributed by atoms with Crippen molar-refractivity contribution in [2.45, 2.75) is 26.9 Å². The molecule has 0 bridgehead atoms. The van der Waals surface area contributed by atoms with E-state index in [9.17, 15) is 9.90 Å². The lowest BCUT2D eigenvalue weighted by Crippen LogP contribution is -2.19. The minimum atomic E-state index is -1.13. The molecule has 3 aromatic carbocycles. The van der Waals surface area contributed by atoms with E-state index in [1.807, 2.05) is 63.2 Å². The van der Waals surface area contributed by atoms with Crippen molar-refractivity contribution in [2.75, 3.05) is 0 Å². The molecule has 0 aliphatic carbocycles. The summed E-state index contributed by atoms with van der Waals surface area (Å²) >= 11 is 0. The van der Waals surface area contributed by atoms with Gasteiger partial charge in [-0.3, -0.25) is 0 Å². The van der Waals surface area contributed by atoms with Gasteiger partial charge in [-0.1, -0.05) is 62.4 Å². The Morgan fingerprint density at radius 2 is 1.52 bits per heavy atom. The fraction of sp³-hybridized carbons (Fsp3) is 0.174. The molecule has 0 fully saturated rings. The molecule has 6 heteroatoms. The van der Waals surface area contributed by atoms with E-state index in [4.69, 9.17) is 4.74 Å². The van der Waals surface area contributed by atoms with Crippen molar-refractivity contribution in [1.82, 2.24) is 15.0 Å². The quantitative estimate of drug-likeness (QED) is 0.522. The van der Waals surface area contributed by atoms with Gasteiger partial charge in [-0.25, -0.2) is 4.79 Å². The fourth-order valence-corrected chi connectivity index (χ4v) is 2.87. The summed E-state index contributed by atoms with van der Waals surface area (Å²) in [6.45, 7) is 5.95. The van der Waals surface area contributed by atoms with Gasteiger partial charge < -0.3 is 9.84 Å². The van der Waals surface area contributed by atoms with Gasteiger partial charge in [-0.05, 0) is 36.8 Å². The van der Waals surface area contributed by atoms with Crippen molar-refractivity contribution >= 4 is 17.0 Å². The van der Waals surface area contributed by atoms with E-state index >= 15 is 0 Å². The van der Waals surface area contributed by atoms with Crippen LogP contribution in [0.4, 0.5) is 0 Å². The Balaban J connectivity index is 0.00000117. The zero-order valence-electron chi connectivity index (χ0n) is 16.6. The molecule has 1 aromatic heterocycles. The molecule has 1 N–H and O–H groups in total. The van der Waals surface area contributed by atoms with Crippen molar-refractivity contribution in [3.8, 4) is 11.4 Å². The van der Waals surface area contributed by atoms with Gasteiger partial charge in [0.1, 0.15) is 22.5 Å². The Morgan fingerprint density at radius 3 is 2.10 bits per heavy atom. The number of nitrogens with zero attached hydrogens (tertiary/aromatic N) is 3. The molecule has 1 unspecified atom stereocenters. The summed E-state index contributed by atoms with van der Waals surface area (Å²) < 4.78 is 5.90. The van der Waals surface area contributed by atoms with Crippen molar-refractivity contribution < 1.29 is 14.6 Å². The standard InChI is InChI=1S/C21H17N3O3.C2H6/c1-14-11-12-19(27-20(21(25)26)15-7-3-2-4-8-15)18(13-14)24-22-16-9-5-6-10-17(16)23-24;1-2/h2-13,20H,1H3,(H,25,26);1-2H3. The average molecular weight is 389 g/mol. The van der Waals surface area contributed by atoms with Crippen LogP contribution >= 0.6 is 0 Å². The average Bonchev–Trinajstić information content (AvgIpc) is 3.19. The third kappa shape index (κ3) is 4.43. The molecule has 0 aliphatic heterocycles. The number of carboxylic acids is 1. The molecule has 4 rings (SSSR count). The van der Waals surface area contributed by atoms with Gasteiger partial charge in [0, 0.05) is 5.56 Å². The first-order chi connectivity index (χ1) is 14.1. The molecule has 1 heterocycles. The van der Waals surface area contributed by atoms with Crippen LogP contribution in [0.3, 0.4) is 0 Å². The summed E-state index contributed by atoms with van der Waals surface area (Å²) in [7, 11) is 0. The van der Waals surface area contributed by atoms with Gasteiger partial charge in [-0.15, -0.1) is 15.0 Å². The molecule has 0 saturated carbocycles. The largest absolute Gasteiger partial charge is 0.478 e. The number of aliphatic carboxylic acids is 1. The predicted octanol–water partition coefficient (Wildman–Crippen LogP) is 4.96. The first kappa shape index (κ1) is 20.1. The zero-order chi connectivity index (χ0) is 20.8.